The van der Waals surface area contributed by atoms with Crippen LogP contribution in [0, 0.1) is 0 Å². The molecule has 2 nitrogen and oxygen atoms in total. The normalized spacial score (nSPS) is 18.3. The van der Waals surface area contributed by atoms with E-state index in [9.17, 15) is 22.0 Å². The van der Waals surface area contributed by atoms with Gasteiger partial charge in [0.05, 0.1) is 6.10 Å². The Morgan fingerprint density at radius 1 is 0.690 bits per heavy atom. The zero-order valence-corrected chi connectivity index (χ0v) is 17.7. The number of halogens is 5. The molecule has 0 N–H and O–H groups in total. The number of hydrogen-bond donors (Lipinski definition) is 0. The molecule has 0 radical (unpaired) electrons. The third-order valence-corrected chi connectivity index (χ3v) is 5.55. The van der Waals surface area contributed by atoms with Gasteiger partial charge in [0.15, 0.2) is 0 Å². The minimum absolute atomic E-state index is 0.0672. The van der Waals surface area contributed by atoms with Crippen molar-refractivity contribution in [3.8, 4) is 0 Å². The molecule has 0 amide bonds. The molecule has 0 bridgehead atoms. The highest BCUT2D eigenvalue weighted by Crippen LogP contribution is 2.39. The van der Waals surface area contributed by atoms with Gasteiger partial charge in [0.2, 0.25) is 0 Å². The molecule has 0 aromatic rings. The molecule has 174 valence electrons. The first kappa shape index (κ1) is 26.6. The minimum Gasteiger partial charge on any atom is -0.381 e. The van der Waals surface area contributed by atoms with Gasteiger partial charge in [-0.25, -0.2) is 0 Å². The summed E-state index contributed by atoms with van der Waals surface area (Å²) in [6, 6.07) is 0. The van der Waals surface area contributed by atoms with Gasteiger partial charge in [-0.3, -0.25) is 0 Å². The third kappa shape index (κ3) is 13.5. The van der Waals surface area contributed by atoms with Crippen LogP contribution in [0.25, 0.3) is 0 Å². The fraction of sp³-hybridized carbons (Fsp3) is 1.00. The molecule has 0 aromatic heterocycles. The summed E-state index contributed by atoms with van der Waals surface area (Å²) in [5.74, 6) is -4.54. The topological polar surface area (TPSA) is 18.5 Å². The fourth-order valence-corrected chi connectivity index (χ4v) is 3.64. The van der Waals surface area contributed by atoms with Crippen molar-refractivity contribution in [3.63, 3.8) is 0 Å². The van der Waals surface area contributed by atoms with E-state index in [0.717, 1.165) is 71.2 Å². The standard InChI is InChI=1S/C22H39F5O2/c23-21(24,22(25,26)27)16-11-8-6-4-2-1-3-5-7-9-12-17-28-19-15-20-14-10-13-18-29-20/h20H,1-19H2. The van der Waals surface area contributed by atoms with Crippen molar-refractivity contribution in [1.29, 1.82) is 0 Å². The molecular weight excluding hydrogens is 391 g/mol. The summed E-state index contributed by atoms with van der Waals surface area (Å²) in [5.41, 5.74) is 0. The van der Waals surface area contributed by atoms with Crippen LogP contribution >= 0.6 is 0 Å². The van der Waals surface area contributed by atoms with Crippen LogP contribution in [0.4, 0.5) is 22.0 Å². The number of unbranched alkanes of at least 4 members (excludes halogenated alkanes) is 10. The second-order valence-electron chi connectivity index (χ2n) is 8.23. The van der Waals surface area contributed by atoms with Gasteiger partial charge < -0.3 is 9.47 Å². The van der Waals surface area contributed by atoms with Crippen molar-refractivity contribution in [3.05, 3.63) is 0 Å². The Morgan fingerprint density at radius 3 is 1.76 bits per heavy atom. The predicted molar refractivity (Wildman–Crippen MR) is 105 cm³/mol. The van der Waals surface area contributed by atoms with Crippen LogP contribution in [0.3, 0.4) is 0 Å². The summed E-state index contributed by atoms with van der Waals surface area (Å²) < 4.78 is 72.9. The monoisotopic (exact) mass is 430 g/mol. The lowest BCUT2D eigenvalue weighted by Gasteiger charge is -2.22. The Labute approximate surface area is 172 Å². The maximum atomic E-state index is 12.7. The first-order valence-electron chi connectivity index (χ1n) is 11.5. The molecule has 29 heavy (non-hydrogen) atoms. The van der Waals surface area contributed by atoms with Crippen molar-refractivity contribution >= 4 is 0 Å². The van der Waals surface area contributed by atoms with Crippen LogP contribution in [0.2, 0.25) is 0 Å². The van der Waals surface area contributed by atoms with Crippen LogP contribution in [-0.4, -0.2) is 38.0 Å². The smallest absolute Gasteiger partial charge is 0.381 e. The summed E-state index contributed by atoms with van der Waals surface area (Å²) in [6.45, 7) is 2.50. The Morgan fingerprint density at radius 2 is 1.24 bits per heavy atom. The second-order valence-corrected chi connectivity index (χ2v) is 8.23. The Bertz CT molecular complexity index is 382. The van der Waals surface area contributed by atoms with Gasteiger partial charge in [-0.2, -0.15) is 22.0 Å². The van der Waals surface area contributed by atoms with Crippen molar-refractivity contribution in [2.24, 2.45) is 0 Å². The average Bonchev–Trinajstić information content (AvgIpc) is 2.67. The molecule has 1 rings (SSSR count). The lowest BCUT2D eigenvalue weighted by Crippen LogP contribution is -2.36. The molecule has 0 spiro atoms. The van der Waals surface area contributed by atoms with E-state index in [1.54, 1.807) is 0 Å². The van der Waals surface area contributed by atoms with E-state index in [1.807, 2.05) is 0 Å². The Kier molecular flexibility index (Phi) is 14.1. The van der Waals surface area contributed by atoms with Gasteiger partial charge in [0.25, 0.3) is 0 Å². The molecule has 7 heteroatoms. The van der Waals surface area contributed by atoms with Gasteiger partial charge in [-0.05, 0) is 38.5 Å². The number of alkyl halides is 5. The molecule has 1 atom stereocenters. The Hall–Kier alpha value is -0.430. The van der Waals surface area contributed by atoms with Gasteiger partial charge in [-0.1, -0.05) is 57.8 Å². The summed E-state index contributed by atoms with van der Waals surface area (Å²) in [5, 5.41) is 0. The largest absolute Gasteiger partial charge is 0.453 e. The van der Waals surface area contributed by atoms with Gasteiger partial charge in [0.1, 0.15) is 0 Å². The number of ether oxygens (including phenoxy) is 2. The van der Waals surface area contributed by atoms with Crippen LogP contribution in [0.15, 0.2) is 0 Å². The average molecular weight is 431 g/mol. The van der Waals surface area contributed by atoms with Crippen molar-refractivity contribution in [1.82, 2.24) is 0 Å². The van der Waals surface area contributed by atoms with E-state index < -0.39 is 18.5 Å². The third-order valence-electron chi connectivity index (χ3n) is 5.55. The maximum absolute atomic E-state index is 12.7. The molecular formula is C22H39F5O2. The molecule has 1 aliphatic heterocycles. The summed E-state index contributed by atoms with van der Waals surface area (Å²) >= 11 is 0. The minimum atomic E-state index is -5.41. The zero-order chi connectivity index (χ0) is 21.4. The summed E-state index contributed by atoms with van der Waals surface area (Å²) in [4.78, 5) is 0. The molecule has 1 unspecified atom stereocenters. The fourth-order valence-electron chi connectivity index (χ4n) is 3.64. The first-order chi connectivity index (χ1) is 13.8. The van der Waals surface area contributed by atoms with E-state index in [2.05, 4.69) is 0 Å². The van der Waals surface area contributed by atoms with E-state index >= 15 is 0 Å². The number of hydrogen-bond acceptors (Lipinski definition) is 2. The van der Waals surface area contributed by atoms with Crippen LogP contribution < -0.4 is 0 Å². The van der Waals surface area contributed by atoms with E-state index in [4.69, 9.17) is 9.47 Å². The van der Waals surface area contributed by atoms with Gasteiger partial charge in [0, 0.05) is 26.2 Å². The van der Waals surface area contributed by atoms with E-state index in [-0.39, 0.29) is 6.42 Å². The second kappa shape index (κ2) is 15.4. The van der Waals surface area contributed by atoms with Crippen molar-refractivity contribution in [2.45, 2.75) is 121 Å². The number of rotatable bonds is 17. The zero-order valence-electron chi connectivity index (χ0n) is 17.7. The quantitative estimate of drug-likeness (QED) is 0.173. The SMILES string of the molecule is FC(F)(F)C(F)(F)CCCCCCCCCCCCCOCCC1CCCCO1. The highest BCUT2D eigenvalue weighted by molar-refractivity contribution is 4.75. The van der Waals surface area contributed by atoms with Crippen LogP contribution in [0.5, 0.6) is 0 Å². The summed E-state index contributed by atoms with van der Waals surface area (Å²) in [7, 11) is 0. The lowest BCUT2D eigenvalue weighted by molar-refractivity contribution is -0.284. The molecule has 0 saturated carbocycles. The predicted octanol–water partition coefficient (Wildman–Crippen LogP) is 7.84. The highest BCUT2D eigenvalue weighted by Gasteiger charge is 2.56. The molecule has 1 saturated heterocycles. The summed E-state index contributed by atoms with van der Waals surface area (Å²) in [6.07, 6.45) is 8.48. The maximum Gasteiger partial charge on any atom is 0.453 e. The van der Waals surface area contributed by atoms with E-state index in [1.165, 1.54) is 32.1 Å². The molecule has 1 fully saturated rings. The first-order valence-corrected chi connectivity index (χ1v) is 11.5. The van der Waals surface area contributed by atoms with Gasteiger partial charge in [-0.15, -0.1) is 0 Å². The van der Waals surface area contributed by atoms with E-state index in [0.29, 0.717) is 12.5 Å². The van der Waals surface area contributed by atoms with Crippen molar-refractivity contribution in [2.75, 3.05) is 19.8 Å². The molecule has 0 aliphatic carbocycles. The van der Waals surface area contributed by atoms with Crippen LogP contribution in [0.1, 0.15) is 103 Å². The highest BCUT2D eigenvalue weighted by atomic mass is 19.4. The molecule has 1 heterocycles. The molecule has 1 aliphatic rings. The Balaban J connectivity index is 1.75. The van der Waals surface area contributed by atoms with Gasteiger partial charge >= 0.3 is 12.1 Å². The molecule has 0 aromatic carbocycles. The van der Waals surface area contributed by atoms with Crippen molar-refractivity contribution < 1.29 is 31.4 Å². The van der Waals surface area contributed by atoms with Crippen LogP contribution in [-0.2, 0) is 9.47 Å². The lowest BCUT2D eigenvalue weighted by atomic mass is 10.0.